The number of hydrogen-bond acceptors (Lipinski definition) is 2. The van der Waals surface area contributed by atoms with E-state index in [9.17, 15) is 18.0 Å². The van der Waals surface area contributed by atoms with Gasteiger partial charge in [0, 0.05) is 12.4 Å². The number of hydrogen-bond donors (Lipinski definition) is 1. The topological polar surface area (TPSA) is 46.9 Å². The molecule has 1 aliphatic rings. The third-order valence-corrected chi connectivity index (χ3v) is 3.91. The average Bonchev–Trinajstić information content (AvgIpc) is 3.16. The molecule has 1 N–H and O–H groups in total. The fourth-order valence-electron chi connectivity index (χ4n) is 2.57. The van der Waals surface area contributed by atoms with Crippen LogP contribution < -0.4 is 5.32 Å². The zero-order chi connectivity index (χ0) is 16.6. The third kappa shape index (κ3) is 3.38. The minimum Gasteiger partial charge on any atom is -0.340 e. The fourth-order valence-corrected chi connectivity index (χ4v) is 2.57. The molecule has 1 heterocycles. The van der Waals surface area contributed by atoms with Gasteiger partial charge in [-0.15, -0.1) is 0 Å². The molecule has 0 saturated heterocycles. The van der Waals surface area contributed by atoms with Gasteiger partial charge in [0.1, 0.15) is 6.04 Å². The van der Waals surface area contributed by atoms with Crippen molar-refractivity contribution < 1.29 is 18.0 Å². The minimum absolute atomic E-state index is 0.206. The Bertz CT molecular complexity index is 706. The Labute approximate surface area is 131 Å². The minimum atomic E-state index is -4.43. The first kappa shape index (κ1) is 15.6. The number of carbonyl (C=O) groups excluding carboxylic acids is 1. The Morgan fingerprint density at radius 2 is 2.13 bits per heavy atom. The van der Waals surface area contributed by atoms with E-state index in [4.69, 9.17) is 0 Å². The second-order valence-corrected chi connectivity index (χ2v) is 5.82. The summed E-state index contributed by atoms with van der Waals surface area (Å²) in [6, 6.07) is 3.30. The lowest BCUT2D eigenvalue weighted by molar-refractivity contribution is -0.158. The number of aromatic nitrogens is 2. The van der Waals surface area contributed by atoms with Crippen LogP contribution in [0.5, 0.6) is 0 Å². The molecule has 23 heavy (non-hydrogen) atoms. The Balaban J connectivity index is 1.91. The molecule has 1 saturated carbocycles. The predicted octanol–water partition coefficient (Wildman–Crippen LogP) is 3.25. The van der Waals surface area contributed by atoms with E-state index in [-0.39, 0.29) is 5.56 Å². The van der Waals surface area contributed by atoms with Crippen molar-refractivity contribution >= 4 is 5.91 Å². The third-order valence-electron chi connectivity index (χ3n) is 3.91. The lowest BCUT2D eigenvalue weighted by Gasteiger charge is -2.22. The highest BCUT2D eigenvalue weighted by atomic mass is 19.4. The van der Waals surface area contributed by atoms with Gasteiger partial charge in [-0.1, -0.05) is 11.6 Å². The van der Waals surface area contributed by atoms with Crippen LogP contribution >= 0.6 is 0 Å². The Morgan fingerprint density at radius 3 is 2.70 bits per heavy atom. The van der Waals surface area contributed by atoms with Gasteiger partial charge in [-0.25, -0.2) is 4.98 Å². The van der Waals surface area contributed by atoms with Crippen molar-refractivity contribution in [3.8, 4) is 5.69 Å². The van der Waals surface area contributed by atoms with Crippen molar-refractivity contribution in [2.24, 2.45) is 5.92 Å². The SMILES string of the molecule is Cc1ccc(-n2ccnc2)c(C(=O)NC(C2CC2)C(F)(F)F)c1. The molecule has 1 aromatic heterocycles. The van der Waals surface area contributed by atoms with Crippen molar-refractivity contribution in [3.05, 3.63) is 48.0 Å². The summed E-state index contributed by atoms with van der Waals surface area (Å²) in [6.07, 6.45) is 1.24. The molecule has 1 amide bonds. The first-order valence-electron chi connectivity index (χ1n) is 7.33. The quantitative estimate of drug-likeness (QED) is 0.939. The van der Waals surface area contributed by atoms with Crippen LogP contribution in [0, 0.1) is 12.8 Å². The Hall–Kier alpha value is -2.31. The molecular formula is C16H16F3N3O. The Kier molecular flexibility index (Phi) is 3.87. The summed E-state index contributed by atoms with van der Waals surface area (Å²) in [6.45, 7) is 1.79. The van der Waals surface area contributed by atoms with E-state index in [1.54, 1.807) is 42.1 Å². The van der Waals surface area contributed by atoms with E-state index in [0.717, 1.165) is 5.56 Å². The lowest BCUT2D eigenvalue weighted by atomic mass is 10.1. The summed E-state index contributed by atoms with van der Waals surface area (Å²) in [5.74, 6) is -1.23. The van der Waals surface area contributed by atoms with Crippen LogP contribution in [0.4, 0.5) is 13.2 Å². The van der Waals surface area contributed by atoms with E-state index in [1.807, 2.05) is 0 Å². The van der Waals surface area contributed by atoms with E-state index in [1.165, 1.54) is 6.33 Å². The molecule has 1 atom stereocenters. The van der Waals surface area contributed by atoms with Gasteiger partial charge in [0.25, 0.3) is 5.91 Å². The number of rotatable bonds is 4. The van der Waals surface area contributed by atoms with Gasteiger partial charge in [0.15, 0.2) is 0 Å². The molecule has 1 fully saturated rings. The van der Waals surface area contributed by atoms with Gasteiger partial charge in [-0.3, -0.25) is 4.79 Å². The summed E-state index contributed by atoms with van der Waals surface area (Å²) < 4.78 is 40.9. The molecule has 1 aromatic carbocycles. The van der Waals surface area contributed by atoms with Crippen LogP contribution in [0.2, 0.25) is 0 Å². The molecule has 3 rings (SSSR count). The molecule has 122 valence electrons. The molecule has 0 spiro atoms. The molecule has 0 bridgehead atoms. The number of carbonyl (C=O) groups is 1. The van der Waals surface area contributed by atoms with Gasteiger partial charge >= 0.3 is 6.18 Å². The maximum atomic E-state index is 13.1. The van der Waals surface area contributed by atoms with E-state index >= 15 is 0 Å². The van der Waals surface area contributed by atoms with E-state index in [0.29, 0.717) is 18.5 Å². The smallest absolute Gasteiger partial charge is 0.340 e. The summed E-state index contributed by atoms with van der Waals surface area (Å²) >= 11 is 0. The largest absolute Gasteiger partial charge is 0.408 e. The number of alkyl halides is 3. The zero-order valence-corrected chi connectivity index (χ0v) is 12.5. The maximum Gasteiger partial charge on any atom is 0.408 e. The maximum absolute atomic E-state index is 13.1. The molecule has 7 heteroatoms. The number of imidazole rings is 1. The van der Waals surface area contributed by atoms with Crippen LogP contribution in [0.15, 0.2) is 36.9 Å². The summed E-state index contributed by atoms with van der Waals surface area (Å²) in [7, 11) is 0. The molecule has 1 unspecified atom stereocenters. The highest BCUT2D eigenvalue weighted by molar-refractivity contribution is 5.98. The Morgan fingerprint density at radius 1 is 1.39 bits per heavy atom. The van der Waals surface area contributed by atoms with Gasteiger partial charge < -0.3 is 9.88 Å². The standard InChI is InChI=1S/C16H16F3N3O/c1-10-2-5-13(22-7-6-20-9-22)12(8-10)15(23)21-14(11-3-4-11)16(17,18)19/h2,5-9,11,14H,3-4H2,1H3,(H,21,23). The number of nitrogens with one attached hydrogen (secondary N) is 1. The molecule has 2 aromatic rings. The first-order valence-corrected chi connectivity index (χ1v) is 7.33. The highest BCUT2D eigenvalue weighted by Gasteiger charge is 2.49. The van der Waals surface area contributed by atoms with Crippen molar-refractivity contribution in [1.82, 2.24) is 14.9 Å². The van der Waals surface area contributed by atoms with Gasteiger partial charge in [0.05, 0.1) is 17.6 Å². The van der Waals surface area contributed by atoms with Crippen LogP contribution in [-0.4, -0.2) is 27.7 Å². The van der Waals surface area contributed by atoms with Crippen LogP contribution in [0.25, 0.3) is 5.69 Å². The second-order valence-electron chi connectivity index (χ2n) is 5.82. The van der Waals surface area contributed by atoms with Gasteiger partial charge in [0.2, 0.25) is 0 Å². The normalized spacial score (nSPS) is 16.2. The highest BCUT2D eigenvalue weighted by Crippen LogP contribution is 2.40. The number of benzene rings is 1. The average molecular weight is 323 g/mol. The molecule has 0 aliphatic heterocycles. The molecular weight excluding hydrogens is 307 g/mol. The summed E-state index contributed by atoms with van der Waals surface area (Å²) in [4.78, 5) is 16.4. The summed E-state index contributed by atoms with van der Waals surface area (Å²) in [5.41, 5.74) is 1.51. The summed E-state index contributed by atoms with van der Waals surface area (Å²) in [5, 5.41) is 2.17. The first-order chi connectivity index (χ1) is 10.9. The second kappa shape index (κ2) is 5.72. The van der Waals surface area contributed by atoms with Crippen molar-refractivity contribution in [1.29, 1.82) is 0 Å². The number of nitrogens with zero attached hydrogens (tertiary/aromatic N) is 2. The van der Waals surface area contributed by atoms with Crippen LogP contribution in [-0.2, 0) is 0 Å². The van der Waals surface area contributed by atoms with Gasteiger partial charge in [-0.05, 0) is 37.8 Å². The number of aryl methyl sites for hydroxylation is 1. The van der Waals surface area contributed by atoms with Crippen LogP contribution in [0.1, 0.15) is 28.8 Å². The number of amides is 1. The van der Waals surface area contributed by atoms with Crippen molar-refractivity contribution in [2.75, 3.05) is 0 Å². The van der Waals surface area contributed by atoms with Gasteiger partial charge in [-0.2, -0.15) is 13.2 Å². The number of halogens is 3. The zero-order valence-electron chi connectivity index (χ0n) is 12.5. The monoisotopic (exact) mass is 323 g/mol. The van der Waals surface area contributed by atoms with E-state index < -0.39 is 24.0 Å². The van der Waals surface area contributed by atoms with Crippen molar-refractivity contribution in [2.45, 2.75) is 32.0 Å². The molecule has 0 radical (unpaired) electrons. The predicted molar refractivity (Wildman–Crippen MR) is 78.3 cm³/mol. The van der Waals surface area contributed by atoms with Crippen LogP contribution in [0.3, 0.4) is 0 Å². The van der Waals surface area contributed by atoms with E-state index in [2.05, 4.69) is 10.3 Å². The fraction of sp³-hybridized carbons (Fsp3) is 0.375. The molecule has 4 nitrogen and oxygen atoms in total. The van der Waals surface area contributed by atoms with Crippen molar-refractivity contribution in [3.63, 3.8) is 0 Å². The lowest BCUT2D eigenvalue weighted by Crippen LogP contribution is -2.47. The molecule has 1 aliphatic carbocycles.